The molecule has 0 aromatic carbocycles. The number of rotatable bonds is 2. The molecule has 1 aliphatic rings. The fraction of sp³-hybridized carbons (Fsp3) is 0.636. The van der Waals surface area contributed by atoms with Crippen LogP contribution in [0.5, 0.6) is 0 Å². The molecule has 1 unspecified atom stereocenters. The normalized spacial score (nSPS) is 22.4. The lowest BCUT2D eigenvalue weighted by Gasteiger charge is -2.39. The van der Waals surface area contributed by atoms with Gasteiger partial charge in [-0.15, -0.1) is 0 Å². The summed E-state index contributed by atoms with van der Waals surface area (Å²) in [6.45, 7) is 5.32. The first-order valence-corrected chi connectivity index (χ1v) is 5.73. The Kier molecular flexibility index (Phi) is 3.24. The van der Waals surface area contributed by atoms with Crippen LogP contribution in [0.25, 0.3) is 0 Å². The summed E-state index contributed by atoms with van der Waals surface area (Å²) in [5, 5.41) is 0. The molecule has 88 valence electrons. The van der Waals surface area contributed by atoms with E-state index in [1.54, 1.807) is 12.4 Å². The zero-order valence-electron chi connectivity index (χ0n) is 9.93. The Labute approximate surface area is 96.3 Å². The van der Waals surface area contributed by atoms with Crippen molar-refractivity contribution >= 4 is 11.6 Å². The van der Waals surface area contributed by atoms with Crippen molar-refractivity contribution in [3.05, 3.63) is 12.4 Å². The summed E-state index contributed by atoms with van der Waals surface area (Å²) < 4.78 is 0. The molecule has 1 saturated heterocycles. The largest absolute Gasteiger partial charge is 0.382 e. The first-order valence-electron chi connectivity index (χ1n) is 5.73. The molecule has 1 aromatic heterocycles. The summed E-state index contributed by atoms with van der Waals surface area (Å²) in [5.41, 5.74) is 5.53. The summed E-state index contributed by atoms with van der Waals surface area (Å²) in [6.07, 6.45) is 4.54. The Morgan fingerprint density at radius 1 is 1.38 bits per heavy atom. The van der Waals surface area contributed by atoms with Gasteiger partial charge in [0.15, 0.2) is 0 Å². The van der Waals surface area contributed by atoms with Crippen molar-refractivity contribution in [1.29, 1.82) is 0 Å². The summed E-state index contributed by atoms with van der Waals surface area (Å²) in [5.74, 6) is 1.41. The average Bonchev–Trinajstić information content (AvgIpc) is 2.31. The van der Waals surface area contributed by atoms with Crippen LogP contribution in [-0.4, -0.2) is 47.6 Å². The number of hydrogen-bond donors (Lipinski definition) is 1. The fourth-order valence-electron chi connectivity index (χ4n) is 2.09. The van der Waals surface area contributed by atoms with E-state index >= 15 is 0 Å². The third-order valence-electron chi connectivity index (χ3n) is 3.23. The Balaban J connectivity index is 2.08. The van der Waals surface area contributed by atoms with E-state index in [1.807, 2.05) is 0 Å². The quantitative estimate of drug-likeness (QED) is 0.792. The maximum Gasteiger partial charge on any atom is 0.147 e. The van der Waals surface area contributed by atoms with Gasteiger partial charge >= 0.3 is 0 Å². The van der Waals surface area contributed by atoms with Crippen LogP contribution >= 0.6 is 0 Å². The highest BCUT2D eigenvalue weighted by molar-refractivity contribution is 5.40. The number of likely N-dealkylation sites (N-methyl/N-ethyl adjacent to an activating group) is 1. The van der Waals surface area contributed by atoms with Crippen LogP contribution < -0.4 is 10.6 Å². The number of piperazine rings is 1. The highest BCUT2D eigenvalue weighted by Gasteiger charge is 2.23. The lowest BCUT2D eigenvalue weighted by atomic mass is 10.1. The van der Waals surface area contributed by atoms with Gasteiger partial charge in [0.2, 0.25) is 0 Å². The molecule has 0 saturated carbocycles. The second kappa shape index (κ2) is 4.65. The first-order chi connectivity index (χ1) is 7.70. The second-order valence-corrected chi connectivity index (χ2v) is 4.29. The van der Waals surface area contributed by atoms with Gasteiger partial charge in [0.25, 0.3) is 0 Å². The van der Waals surface area contributed by atoms with Crippen LogP contribution in [0.3, 0.4) is 0 Å². The van der Waals surface area contributed by atoms with Gasteiger partial charge in [0.1, 0.15) is 11.6 Å². The van der Waals surface area contributed by atoms with Crippen molar-refractivity contribution in [1.82, 2.24) is 14.9 Å². The topological polar surface area (TPSA) is 58.3 Å². The molecule has 1 aliphatic heterocycles. The molecule has 5 nitrogen and oxygen atoms in total. The Hall–Kier alpha value is -1.36. The maximum atomic E-state index is 5.53. The molecule has 1 aromatic rings. The van der Waals surface area contributed by atoms with Crippen molar-refractivity contribution < 1.29 is 0 Å². The number of anilines is 2. The number of hydrogen-bond acceptors (Lipinski definition) is 5. The summed E-state index contributed by atoms with van der Waals surface area (Å²) >= 11 is 0. The standard InChI is InChI=1S/C11H19N5/c1-3-9-8-16(5-4-15(9)2)11-7-13-10(12)6-14-11/h6-7,9H,3-5,8H2,1-2H3,(H2,12,13). The highest BCUT2D eigenvalue weighted by Crippen LogP contribution is 2.16. The van der Waals surface area contributed by atoms with Gasteiger partial charge < -0.3 is 10.6 Å². The molecule has 0 radical (unpaired) electrons. The Morgan fingerprint density at radius 2 is 2.19 bits per heavy atom. The highest BCUT2D eigenvalue weighted by atomic mass is 15.3. The molecule has 1 atom stereocenters. The van der Waals surface area contributed by atoms with Crippen LogP contribution in [0, 0.1) is 0 Å². The van der Waals surface area contributed by atoms with Crippen LogP contribution in [0.15, 0.2) is 12.4 Å². The zero-order chi connectivity index (χ0) is 11.5. The van der Waals surface area contributed by atoms with E-state index in [0.717, 1.165) is 31.9 Å². The van der Waals surface area contributed by atoms with Gasteiger partial charge in [-0.25, -0.2) is 9.97 Å². The molecule has 2 rings (SSSR count). The predicted octanol–water partition coefficient (Wildman–Crippen LogP) is 0.589. The van der Waals surface area contributed by atoms with Gasteiger partial charge in [-0.3, -0.25) is 4.90 Å². The van der Waals surface area contributed by atoms with E-state index in [-0.39, 0.29) is 0 Å². The van der Waals surface area contributed by atoms with Gasteiger partial charge in [-0.05, 0) is 13.5 Å². The van der Waals surface area contributed by atoms with E-state index < -0.39 is 0 Å². The molecular formula is C11H19N5. The molecule has 1 fully saturated rings. The molecule has 0 spiro atoms. The van der Waals surface area contributed by atoms with Crippen LogP contribution in [0.4, 0.5) is 11.6 Å². The number of nitrogens with zero attached hydrogens (tertiary/aromatic N) is 4. The SMILES string of the molecule is CCC1CN(c2cnc(N)cn2)CCN1C. The monoisotopic (exact) mass is 221 g/mol. The smallest absolute Gasteiger partial charge is 0.147 e. The number of aromatic nitrogens is 2. The minimum atomic E-state index is 0.477. The van der Waals surface area contributed by atoms with E-state index in [1.165, 1.54) is 0 Å². The summed E-state index contributed by atoms with van der Waals surface area (Å²) in [7, 11) is 2.18. The van der Waals surface area contributed by atoms with Crippen molar-refractivity contribution in [3.63, 3.8) is 0 Å². The van der Waals surface area contributed by atoms with Crippen molar-refractivity contribution in [2.45, 2.75) is 19.4 Å². The molecule has 0 amide bonds. The van der Waals surface area contributed by atoms with Crippen LogP contribution in [0.1, 0.15) is 13.3 Å². The van der Waals surface area contributed by atoms with Crippen LogP contribution in [-0.2, 0) is 0 Å². The lowest BCUT2D eigenvalue weighted by Crippen LogP contribution is -2.51. The van der Waals surface area contributed by atoms with E-state index in [0.29, 0.717) is 11.9 Å². The molecule has 2 N–H and O–H groups in total. The number of nitrogen functional groups attached to an aromatic ring is 1. The Bertz CT molecular complexity index is 337. The lowest BCUT2D eigenvalue weighted by molar-refractivity contribution is 0.213. The van der Waals surface area contributed by atoms with Crippen molar-refractivity contribution in [2.24, 2.45) is 0 Å². The maximum absolute atomic E-state index is 5.53. The minimum absolute atomic E-state index is 0.477. The van der Waals surface area contributed by atoms with E-state index in [2.05, 4.69) is 33.7 Å². The van der Waals surface area contributed by atoms with Gasteiger partial charge in [-0.1, -0.05) is 6.92 Å². The summed E-state index contributed by atoms with van der Waals surface area (Å²) in [4.78, 5) is 13.1. The molecule has 0 bridgehead atoms. The Morgan fingerprint density at radius 3 is 2.81 bits per heavy atom. The third-order valence-corrected chi connectivity index (χ3v) is 3.23. The first kappa shape index (κ1) is 11.1. The third kappa shape index (κ3) is 2.24. The van der Waals surface area contributed by atoms with Crippen molar-refractivity contribution in [2.75, 3.05) is 37.3 Å². The molecular weight excluding hydrogens is 202 g/mol. The van der Waals surface area contributed by atoms with Crippen LogP contribution in [0.2, 0.25) is 0 Å². The number of nitrogens with two attached hydrogens (primary N) is 1. The van der Waals surface area contributed by atoms with E-state index in [9.17, 15) is 0 Å². The summed E-state index contributed by atoms with van der Waals surface area (Å²) in [6, 6.07) is 0.605. The van der Waals surface area contributed by atoms with E-state index in [4.69, 9.17) is 5.73 Å². The van der Waals surface area contributed by atoms with Crippen molar-refractivity contribution in [3.8, 4) is 0 Å². The fourth-order valence-corrected chi connectivity index (χ4v) is 2.09. The molecule has 0 aliphatic carbocycles. The molecule has 5 heteroatoms. The molecule has 16 heavy (non-hydrogen) atoms. The average molecular weight is 221 g/mol. The minimum Gasteiger partial charge on any atom is -0.382 e. The van der Waals surface area contributed by atoms with Gasteiger partial charge in [0.05, 0.1) is 12.4 Å². The molecule has 2 heterocycles. The van der Waals surface area contributed by atoms with Gasteiger partial charge in [-0.2, -0.15) is 0 Å². The zero-order valence-corrected chi connectivity index (χ0v) is 9.93. The predicted molar refractivity (Wildman–Crippen MR) is 65.4 cm³/mol. The second-order valence-electron chi connectivity index (χ2n) is 4.29. The van der Waals surface area contributed by atoms with Gasteiger partial charge in [0, 0.05) is 25.7 Å².